The monoisotopic (exact) mass is 301 g/mol. The Morgan fingerprint density at radius 1 is 1.40 bits per heavy atom. The molecule has 0 aliphatic carbocycles. The second-order valence-corrected chi connectivity index (χ2v) is 7.25. The molecule has 112 valence electrons. The van der Waals surface area contributed by atoms with Crippen molar-refractivity contribution in [2.75, 3.05) is 44.4 Å². The summed E-state index contributed by atoms with van der Waals surface area (Å²) in [5.74, 6) is -0.518. The van der Waals surface area contributed by atoms with Crippen LogP contribution in [0.4, 0.5) is 10.1 Å². The first-order valence-corrected chi connectivity index (χ1v) is 8.37. The van der Waals surface area contributed by atoms with Crippen LogP contribution in [0, 0.1) is 5.82 Å². The van der Waals surface area contributed by atoms with Gasteiger partial charge in [0.05, 0.1) is 16.6 Å². The van der Waals surface area contributed by atoms with Crippen molar-refractivity contribution in [2.24, 2.45) is 5.73 Å². The first-order valence-electron chi connectivity index (χ1n) is 6.48. The number of likely N-dealkylation sites (N-methyl/N-ethyl adjacent to an activating group) is 1. The van der Waals surface area contributed by atoms with E-state index in [1.165, 1.54) is 12.1 Å². The summed E-state index contributed by atoms with van der Waals surface area (Å²) >= 11 is 0. The van der Waals surface area contributed by atoms with Gasteiger partial charge in [0, 0.05) is 32.4 Å². The second kappa shape index (κ2) is 5.67. The van der Waals surface area contributed by atoms with Crippen LogP contribution in [0.15, 0.2) is 23.1 Å². The quantitative estimate of drug-likeness (QED) is 0.870. The average Bonchev–Trinajstić information content (AvgIpc) is 2.38. The SMILES string of the molecule is CN1CCN(c2ccc(S(C)(=O)=O)cc2F)C(CN)C1. The minimum Gasteiger partial charge on any atom is -0.362 e. The number of hydrogen-bond acceptors (Lipinski definition) is 5. The zero-order valence-corrected chi connectivity index (χ0v) is 12.5. The molecule has 0 spiro atoms. The molecular weight excluding hydrogens is 281 g/mol. The normalized spacial score (nSPS) is 21.2. The summed E-state index contributed by atoms with van der Waals surface area (Å²) in [7, 11) is -1.39. The van der Waals surface area contributed by atoms with Crippen LogP contribution < -0.4 is 10.6 Å². The molecule has 5 nitrogen and oxygen atoms in total. The van der Waals surface area contributed by atoms with E-state index in [-0.39, 0.29) is 10.9 Å². The minimum atomic E-state index is -3.39. The van der Waals surface area contributed by atoms with E-state index < -0.39 is 15.7 Å². The second-order valence-electron chi connectivity index (χ2n) is 5.23. The summed E-state index contributed by atoms with van der Waals surface area (Å²) in [4.78, 5) is 4.07. The van der Waals surface area contributed by atoms with Gasteiger partial charge in [-0.2, -0.15) is 0 Å². The molecule has 20 heavy (non-hydrogen) atoms. The topological polar surface area (TPSA) is 66.6 Å². The zero-order chi connectivity index (χ0) is 14.9. The highest BCUT2D eigenvalue weighted by molar-refractivity contribution is 7.90. The lowest BCUT2D eigenvalue weighted by molar-refractivity contribution is 0.268. The number of nitrogens with zero attached hydrogens (tertiary/aromatic N) is 2. The van der Waals surface area contributed by atoms with Gasteiger partial charge in [0.2, 0.25) is 0 Å². The lowest BCUT2D eigenvalue weighted by atomic mass is 10.1. The minimum absolute atomic E-state index is 0.00261. The lowest BCUT2D eigenvalue weighted by Crippen LogP contribution is -2.55. The molecule has 1 aromatic rings. The molecule has 1 unspecified atom stereocenters. The van der Waals surface area contributed by atoms with Crippen molar-refractivity contribution in [1.29, 1.82) is 0 Å². The number of hydrogen-bond donors (Lipinski definition) is 1. The van der Waals surface area contributed by atoms with Gasteiger partial charge < -0.3 is 15.5 Å². The van der Waals surface area contributed by atoms with Gasteiger partial charge in [0.1, 0.15) is 5.82 Å². The van der Waals surface area contributed by atoms with Gasteiger partial charge >= 0.3 is 0 Å². The maximum Gasteiger partial charge on any atom is 0.175 e. The number of sulfone groups is 1. The van der Waals surface area contributed by atoms with Crippen LogP contribution in [-0.2, 0) is 9.84 Å². The Morgan fingerprint density at radius 3 is 2.65 bits per heavy atom. The van der Waals surface area contributed by atoms with E-state index in [1.807, 2.05) is 11.9 Å². The van der Waals surface area contributed by atoms with Gasteiger partial charge in [-0.3, -0.25) is 0 Å². The van der Waals surface area contributed by atoms with Crippen molar-refractivity contribution in [3.63, 3.8) is 0 Å². The molecule has 2 N–H and O–H groups in total. The van der Waals surface area contributed by atoms with Crippen LogP contribution in [0.25, 0.3) is 0 Å². The molecule has 2 rings (SSSR count). The summed E-state index contributed by atoms with van der Waals surface area (Å²) in [5.41, 5.74) is 6.17. The molecule has 0 amide bonds. The number of benzene rings is 1. The Kier molecular flexibility index (Phi) is 4.31. The third-order valence-electron chi connectivity index (χ3n) is 3.61. The van der Waals surface area contributed by atoms with Crippen molar-refractivity contribution in [3.8, 4) is 0 Å². The van der Waals surface area contributed by atoms with Crippen molar-refractivity contribution in [2.45, 2.75) is 10.9 Å². The van der Waals surface area contributed by atoms with Gasteiger partial charge in [-0.1, -0.05) is 0 Å². The van der Waals surface area contributed by atoms with E-state index in [2.05, 4.69) is 4.90 Å². The predicted octanol–water partition coefficient (Wildman–Crippen LogP) is 0.308. The Labute approximate surface area is 119 Å². The molecule has 1 atom stereocenters. The molecule has 1 aliphatic rings. The maximum absolute atomic E-state index is 14.2. The van der Waals surface area contributed by atoms with Crippen LogP contribution >= 0.6 is 0 Å². The fourth-order valence-corrected chi connectivity index (χ4v) is 3.11. The van der Waals surface area contributed by atoms with Gasteiger partial charge in [0.15, 0.2) is 9.84 Å². The number of halogens is 1. The predicted molar refractivity (Wildman–Crippen MR) is 77.2 cm³/mol. The largest absolute Gasteiger partial charge is 0.362 e. The van der Waals surface area contributed by atoms with Crippen molar-refractivity contribution in [3.05, 3.63) is 24.0 Å². The fraction of sp³-hybridized carbons (Fsp3) is 0.538. The van der Waals surface area contributed by atoms with Crippen LogP contribution in [0.1, 0.15) is 0 Å². The van der Waals surface area contributed by atoms with E-state index >= 15 is 0 Å². The highest BCUT2D eigenvalue weighted by atomic mass is 32.2. The molecule has 0 saturated carbocycles. The molecule has 1 heterocycles. The highest BCUT2D eigenvalue weighted by Gasteiger charge is 2.26. The Morgan fingerprint density at radius 2 is 2.10 bits per heavy atom. The molecule has 1 fully saturated rings. The summed E-state index contributed by atoms with van der Waals surface area (Å²) in [6.07, 6.45) is 1.07. The van der Waals surface area contributed by atoms with Crippen molar-refractivity contribution < 1.29 is 12.8 Å². The maximum atomic E-state index is 14.2. The van der Waals surface area contributed by atoms with Crippen LogP contribution in [-0.4, -0.2) is 58.8 Å². The summed E-state index contributed by atoms with van der Waals surface area (Å²) in [6, 6.07) is 4.09. The summed E-state index contributed by atoms with van der Waals surface area (Å²) < 4.78 is 37.1. The number of anilines is 1. The average molecular weight is 301 g/mol. The fourth-order valence-electron chi connectivity index (χ4n) is 2.48. The highest BCUT2D eigenvalue weighted by Crippen LogP contribution is 2.25. The molecule has 0 radical (unpaired) electrons. The number of rotatable bonds is 3. The van der Waals surface area contributed by atoms with Crippen molar-refractivity contribution >= 4 is 15.5 Å². The molecule has 1 aromatic carbocycles. The van der Waals surface area contributed by atoms with E-state index in [0.717, 1.165) is 25.4 Å². The van der Waals surface area contributed by atoms with Gasteiger partial charge in [-0.25, -0.2) is 12.8 Å². The molecule has 0 aromatic heterocycles. The third kappa shape index (κ3) is 3.11. The van der Waals surface area contributed by atoms with E-state index in [1.54, 1.807) is 0 Å². The Balaban J connectivity index is 2.33. The van der Waals surface area contributed by atoms with Crippen LogP contribution in [0.5, 0.6) is 0 Å². The van der Waals surface area contributed by atoms with Crippen LogP contribution in [0.2, 0.25) is 0 Å². The van der Waals surface area contributed by atoms with E-state index in [4.69, 9.17) is 5.73 Å². The molecule has 1 saturated heterocycles. The first-order chi connectivity index (χ1) is 9.32. The third-order valence-corrected chi connectivity index (χ3v) is 4.72. The van der Waals surface area contributed by atoms with Gasteiger partial charge in [0.25, 0.3) is 0 Å². The smallest absolute Gasteiger partial charge is 0.175 e. The Bertz CT molecular complexity index is 591. The molecular formula is C13H20FN3O2S. The standard InChI is InChI=1S/C13H20FN3O2S/c1-16-5-6-17(10(8-15)9-16)13-4-3-11(7-12(13)14)20(2,18)19/h3-4,7,10H,5-6,8-9,15H2,1-2H3. The Hall–Kier alpha value is -1.18. The summed E-state index contributed by atoms with van der Waals surface area (Å²) in [5, 5.41) is 0. The molecule has 7 heteroatoms. The zero-order valence-electron chi connectivity index (χ0n) is 11.7. The first kappa shape index (κ1) is 15.2. The van der Waals surface area contributed by atoms with Crippen molar-refractivity contribution in [1.82, 2.24) is 4.90 Å². The molecule has 1 aliphatic heterocycles. The van der Waals surface area contributed by atoms with Gasteiger partial charge in [-0.15, -0.1) is 0 Å². The number of nitrogens with two attached hydrogens (primary N) is 1. The molecule has 0 bridgehead atoms. The number of piperazine rings is 1. The van der Waals surface area contributed by atoms with E-state index in [9.17, 15) is 12.8 Å². The van der Waals surface area contributed by atoms with E-state index in [0.29, 0.717) is 18.8 Å². The lowest BCUT2D eigenvalue weighted by Gasteiger charge is -2.41. The van der Waals surface area contributed by atoms with Gasteiger partial charge in [-0.05, 0) is 25.2 Å². The van der Waals surface area contributed by atoms with Crippen LogP contribution in [0.3, 0.4) is 0 Å². The summed E-state index contributed by atoms with van der Waals surface area (Å²) in [6.45, 7) is 2.69.